The number of sulfone groups is 1. The number of carbonyl (C=O) groups excluding carboxylic acids is 2. The zero-order valence-corrected chi connectivity index (χ0v) is 20.1. The van der Waals surface area contributed by atoms with Crippen LogP contribution in [0.5, 0.6) is 11.5 Å². The number of benzene rings is 2. The predicted octanol–water partition coefficient (Wildman–Crippen LogP) is 3.32. The number of halogens is 1. The van der Waals surface area contributed by atoms with Crippen molar-refractivity contribution < 1.29 is 31.9 Å². The molecule has 1 N–H and O–H groups in total. The number of hydrogen-bond acceptors (Lipinski definition) is 6. The summed E-state index contributed by atoms with van der Waals surface area (Å²) in [5, 5.41) is 2.74. The molecule has 34 heavy (non-hydrogen) atoms. The lowest BCUT2D eigenvalue weighted by Gasteiger charge is -2.28. The second-order valence-electron chi connectivity index (χ2n) is 8.60. The Bertz CT molecular complexity index is 1240. The van der Waals surface area contributed by atoms with Crippen LogP contribution in [0.15, 0.2) is 30.3 Å². The topological polar surface area (TPSA) is 102 Å². The summed E-state index contributed by atoms with van der Waals surface area (Å²) in [7, 11) is -2.04. The second-order valence-corrected chi connectivity index (χ2v) is 10.8. The van der Waals surface area contributed by atoms with Crippen LogP contribution in [0.3, 0.4) is 0 Å². The van der Waals surface area contributed by atoms with Crippen molar-refractivity contribution in [1.82, 2.24) is 4.90 Å². The lowest BCUT2D eigenvalue weighted by atomic mass is 10.1. The first-order valence-corrected chi connectivity index (χ1v) is 13.1. The van der Waals surface area contributed by atoms with Crippen LogP contribution in [0.2, 0.25) is 0 Å². The Morgan fingerprint density at radius 1 is 1.24 bits per heavy atom. The van der Waals surface area contributed by atoms with E-state index in [1.54, 1.807) is 25.1 Å². The molecule has 10 heteroatoms. The van der Waals surface area contributed by atoms with Gasteiger partial charge in [-0.3, -0.25) is 9.59 Å². The third-order valence-corrected chi connectivity index (χ3v) is 6.90. The van der Waals surface area contributed by atoms with Gasteiger partial charge in [-0.05, 0) is 49.6 Å². The van der Waals surface area contributed by atoms with Gasteiger partial charge < -0.3 is 19.7 Å². The Balaban J connectivity index is 1.74. The zero-order chi connectivity index (χ0) is 24.6. The molecule has 1 aliphatic carbocycles. The van der Waals surface area contributed by atoms with Crippen molar-refractivity contribution in [3.63, 3.8) is 0 Å². The summed E-state index contributed by atoms with van der Waals surface area (Å²) in [4.78, 5) is 27.2. The van der Waals surface area contributed by atoms with E-state index in [-0.39, 0.29) is 40.9 Å². The van der Waals surface area contributed by atoms with Gasteiger partial charge in [0.05, 0.1) is 43.3 Å². The monoisotopic (exact) mass is 490 g/mol. The highest BCUT2D eigenvalue weighted by atomic mass is 32.2. The van der Waals surface area contributed by atoms with Crippen LogP contribution < -0.4 is 14.8 Å². The number of hydrogen-bond donors (Lipinski definition) is 1. The molecule has 2 aliphatic rings. The minimum atomic E-state index is -3.53. The third-order valence-electron chi connectivity index (χ3n) is 5.97. The molecule has 1 unspecified atom stereocenters. The number of anilines is 1. The van der Waals surface area contributed by atoms with Gasteiger partial charge in [-0.1, -0.05) is 6.07 Å². The lowest BCUT2D eigenvalue weighted by Crippen LogP contribution is -2.34. The van der Waals surface area contributed by atoms with Gasteiger partial charge in [-0.2, -0.15) is 0 Å². The Morgan fingerprint density at radius 2 is 1.97 bits per heavy atom. The Kier molecular flexibility index (Phi) is 6.53. The fourth-order valence-electron chi connectivity index (χ4n) is 4.16. The summed E-state index contributed by atoms with van der Waals surface area (Å²) in [6.45, 7) is 2.05. The van der Waals surface area contributed by atoms with Crippen molar-refractivity contribution in [2.24, 2.45) is 5.92 Å². The van der Waals surface area contributed by atoms with Gasteiger partial charge in [0.15, 0.2) is 11.5 Å². The minimum Gasteiger partial charge on any atom is -0.493 e. The van der Waals surface area contributed by atoms with Gasteiger partial charge in [-0.25, -0.2) is 12.8 Å². The summed E-state index contributed by atoms with van der Waals surface area (Å²) in [5.74, 6) is -0.909. The molecule has 1 heterocycles. The molecule has 2 amide bonds. The first kappa shape index (κ1) is 24.0. The summed E-state index contributed by atoms with van der Waals surface area (Å²) < 4.78 is 50.3. The largest absolute Gasteiger partial charge is 0.493 e. The molecule has 4 rings (SSSR count). The van der Waals surface area contributed by atoms with E-state index in [9.17, 15) is 22.4 Å². The maximum atomic E-state index is 14.7. The van der Waals surface area contributed by atoms with E-state index in [1.165, 1.54) is 24.1 Å². The van der Waals surface area contributed by atoms with E-state index in [0.717, 1.165) is 19.1 Å². The molecule has 1 saturated carbocycles. The Labute approximate surface area is 198 Å². The standard InChI is InChI=1S/C24H27FN2O6S/c1-4-33-21-11-15(7-10-20(21)32-2)19(13-34(3,30)31)27-12-16-17(25)8-9-18(22(16)24(27)29)26-23(28)14-5-6-14/h7-11,14,19H,4-6,12-13H2,1-3H3,(H,26,28). The highest BCUT2D eigenvalue weighted by Crippen LogP contribution is 2.40. The average molecular weight is 491 g/mol. The van der Waals surface area contributed by atoms with E-state index < -0.39 is 27.6 Å². The quantitative estimate of drug-likeness (QED) is 0.579. The molecular formula is C24H27FN2O6S. The second kappa shape index (κ2) is 9.25. The van der Waals surface area contributed by atoms with Crippen LogP contribution in [0, 0.1) is 11.7 Å². The van der Waals surface area contributed by atoms with Crippen molar-refractivity contribution in [2.45, 2.75) is 32.4 Å². The number of ether oxygens (including phenoxy) is 2. The van der Waals surface area contributed by atoms with Crippen LogP contribution in [0.25, 0.3) is 0 Å². The van der Waals surface area contributed by atoms with Crippen LogP contribution in [0.1, 0.15) is 47.3 Å². The molecule has 2 aromatic rings. The molecule has 0 spiro atoms. The number of nitrogens with zero attached hydrogens (tertiary/aromatic N) is 1. The van der Waals surface area contributed by atoms with Gasteiger partial charge in [0, 0.05) is 17.7 Å². The molecule has 1 fully saturated rings. The molecule has 182 valence electrons. The van der Waals surface area contributed by atoms with Crippen LogP contribution in [-0.2, 0) is 21.2 Å². The maximum Gasteiger partial charge on any atom is 0.257 e. The normalized spacial score (nSPS) is 16.2. The summed E-state index contributed by atoms with van der Waals surface area (Å²) in [5.41, 5.74) is 0.949. The van der Waals surface area contributed by atoms with Gasteiger partial charge >= 0.3 is 0 Å². The van der Waals surface area contributed by atoms with Crippen molar-refractivity contribution in [1.29, 1.82) is 0 Å². The highest BCUT2D eigenvalue weighted by molar-refractivity contribution is 7.90. The highest BCUT2D eigenvalue weighted by Gasteiger charge is 2.39. The number of rotatable bonds is 9. The molecule has 1 atom stereocenters. The number of nitrogens with one attached hydrogen (secondary N) is 1. The number of fused-ring (bicyclic) bond motifs is 1. The van der Waals surface area contributed by atoms with Gasteiger partial charge in [0.1, 0.15) is 15.7 Å². The maximum absolute atomic E-state index is 14.7. The van der Waals surface area contributed by atoms with Crippen molar-refractivity contribution in [2.75, 3.05) is 31.0 Å². The minimum absolute atomic E-state index is 0.0612. The van der Waals surface area contributed by atoms with Crippen molar-refractivity contribution in [3.05, 3.63) is 52.8 Å². The molecule has 0 aromatic heterocycles. The molecule has 0 bridgehead atoms. The van der Waals surface area contributed by atoms with Gasteiger partial charge in [-0.15, -0.1) is 0 Å². The fourth-order valence-corrected chi connectivity index (χ4v) is 5.11. The van der Waals surface area contributed by atoms with Crippen molar-refractivity contribution in [3.8, 4) is 11.5 Å². The van der Waals surface area contributed by atoms with Crippen LogP contribution >= 0.6 is 0 Å². The SMILES string of the molecule is CCOc1cc(C(CS(C)(=O)=O)N2Cc3c(F)ccc(NC(=O)C4CC4)c3C2=O)ccc1OC. The smallest absolute Gasteiger partial charge is 0.257 e. The molecular weight excluding hydrogens is 463 g/mol. The predicted molar refractivity (Wildman–Crippen MR) is 124 cm³/mol. The van der Waals surface area contributed by atoms with E-state index >= 15 is 0 Å². The van der Waals surface area contributed by atoms with Gasteiger partial charge in [0.2, 0.25) is 5.91 Å². The van der Waals surface area contributed by atoms with Crippen molar-refractivity contribution >= 4 is 27.3 Å². The summed E-state index contributed by atoms with van der Waals surface area (Å²) in [6, 6.07) is 6.64. The van der Waals surface area contributed by atoms with Gasteiger partial charge in [0.25, 0.3) is 5.91 Å². The number of carbonyl (C=O) groups is 2. The molecule has 0 radical (unpaired) electrons. The molecule has 2 aromatic carbocycles. The lowest BCUT2D eigenvalue weighted by molar-refractivity contribution is -0.117. The fraction of sp³-hybridized carbons (Fsp3) is 0.417. The molecule has 8 nitrogen and oxygen atoms in total. The van der Waals surface area contributed by atoms with Crippen LogP contribution in [-0.4, -0.2) is 50.9 Å². The molecule has 0 saturated heterocycles. The van der Waals surface area contributed by atoms with E-state index in [1.807, 2.05) is 0 Å². The average Bonchev–Trinajstić information content (AvgIpc) is 3.57. The first-order valence-electron chi connectivity index (χ1n) is 11.0. The zero-order valence-electron chi connectivity index (χ0n) is 19.3. The number of amides is 2. The van der Waals surface area contributed by atoms with Crippen LogP contribution in [0.4, 0.5) is 10.1 Å². The summed E-state index contributed by atoms with van der Waals surface area (Å²) >= 11 is 0. The Hall–Kier alpha value is -3.14. The van der Waals surface area contributed by atoms with E-state index in [2.05, 4.69) is 5.32 Å². The Morgan fingerprint density at radius 3 is 2.59 bits per heavy atom. The molecule has 1 aliphatic heterocycles. The third kappa shape index (κ3) is 4.86. The van der Waals surface area contributed by atoms with E-state index in [4.69, 9.17) is 9.47 Å². The van der Waals surface area contributed by atoms with E-state index in [0.29, 0.717) is 23.7 Å². The first-order chi connectivity index (χ1) is 16.1. The number of methoxy groups -OCH3 is 1. The summed E-state index contributed by atoms with van der Waals surface area (Å²) in [6.07, 6.45) is 2.65.